The van der Waals surface area contributed by atoms with Crippen molar-refractivity contribution in [3.8, 4) is 11.5 Å². The molecule has 2 aromatic carbocycles. The third-order valence-electron chi connectivity index (χ3n) is 5.43. The maximum Gasteiger partial charge on any atom is 0.259 e. The van der Waals surface area contributed by atoms with Crippen molar-refractivity contribution >= 4 is 17.4 Å². The molecule has 3 N–H and O–H groups in total. The van der Waals surface area contributed by atoms with Gasteiger partial charge in [-0.3, -0.25) is 4.79 Å². The minimum atomic E-state index is -0.312. The van der Waals surface area contributed by atoms with E-state index in [1.165, 1.54) is 12.0 Å². The SMILES string of the molecule is CCC(C)Cc1ccc(Oc2ccc(NC(=O)c3cc(C)c(COC)nc3N)cc2)cc1. The first kappa shape index (κ1) is 23.3. The number of anilines is 2. The largest absolute Gasteiger partial charge is 0.457 e. The van der Waals surface area contributed by atoms with Gasteiger partial charge in [0.1, 0.15) is 17.3 Å². The lowest BCUT2D eigenvalue weighted by Crippen LogP contribution is -2.16. The summed E-state index contributed by atoms with van der Waals surface area (Å²) in [6, 6.07) is 17.1. The summed E-state index contributed by atoms with van der Waals surface area (Å²) in [4.78, 5) is 17.0. The first-order chi connectivity index (χ1) is 15.4. The van der Waals surface area contributed by atoms with Crippen LogP contribution in [0.4, 0.5) is 11.5 Å². The highest BCUT2D eigenvalue weighted by Crippen LogP contribution is 2.25. The Labute approximate surface area is 189 Å². The fourth-order valence-corrected chi connectivity index (χ4v) is 3.31. The second kappa shape index (κ2) is 10.8. The Kier molecular flexibility index (Phi) is 7.84. The number of methoxy groups -OCH3 is 1. The minimum absolute atomic E-state index is 0.178. The van der Waals surface area contributed by atoms with Crippen LogP contribution in [0.5, 0.6) is 11.5 Å². The van der Waals surface area contributed by atoms with E-state index in [1.807, 2.05) is 31.2 Å². The van der Waals surface area contributed by atoms with Gasteiger partial charge in [-0.2, -0.15) is 0 Å². The monoisotopic (exact) mass is 433 g/mol. The van der Waals surface area contributed by atoms with Crippen LogP contribution in [-0.4, -0.2) is 18.0 Å². The molecule has 0 bridgehead atoms. The van der Waals surface area contributed by atoms with Gasteiger partial charge in [-0.1, -0.05) is 32.4 Å². The molecule has 0 saturated carbocycles. The molecule has 3 rings (SSSR count). The number of amides is 1. The van der Waals surface area contributed by atoms with Crippen molar-refractivity contribution in [2.24, 2.45) is 5.92 Å². The van der Waals surface area contributed by atoms with Gasteiger partial charge >= 0.3 is 0 Å². The van der Waals surface area contributed by atoms with E-state index in [0.717, 1.165) is 23.4 Å². The molecule has 0 aliphatic carbocycles. The van der Waals surface area contributed by atoms with Gasteiger partial charge < -0.3 is 20.5 Å². The number of aryl methyl sites for hydroxylation is 1. The molecular formula is C26H31N3O3. The van der Waals surface area contributed by atoms with E-state index >= 15 is 0 Å². The van der Waals surface area contributed by atoms with Crippen molar-refractivity contribution in [1.29, 1.82) is 0 Å². The minimum Gasteiger partial charge on any atom is -0.457 e. The van der Waals surface area contributed by atoms with E-state index in [0.29, 0.717) is 29.5 Å². The molecule has 6 heteroatoms. The Hall–Kier alpha value is -3.38. The van der Waals surface area contributed by atoms with E-state index in [9.17, 15) is 4.79 Å². The van der Waals surface area contributed by atoms with E-state index < -0.39 is 0 Å². The molecule has 0 saturated heterocycles. The summed E-state index contributed by atoms with van der Waals surface area (Å²) in [7, 11) is 1.59. The molecular weight excluding hydrogens is 402 g/mol. The van der Waals surface area contributed by atoms with Gasteiger partial charge in [0.05, 0.1) is 17.9 Å². The van der Waals surface area contributed by atoms with Gasteiger partial charge in [-0.25, -0.2) is 4.98 Å². The number of rotatable bonds is 9. The summed E-state index contributed by atoms with van der Waals surface area (Å²) in [5.74, 6) is 2.01. The van der Waals surface area contributed by atoms with Crippen LogP contribution in [0.2, 0.25) is 0 Å². The van der Waals surface area contributed by atoms with Crippen LogP contribution >= 0.6 is 0 Å². The number of carbonyl (C=O) groups is 1. The van der Waals surface area contributed by atoms with Gasteiger partial charge in [0, 0.05) is 12.8 Å². The van der Waals surface area contributed by atoms with Gasteiger partial charge in [0.2, 0.25) is 0 Å². The second-order valence-electron chi connectivity index (χ2n) is 8.06. The summed E-state index contributed by atoms with van der Waals surface area (Å²) < 4.78 is 11.0. The molecule has 168 valence electrons. The number of hydrogen-bond acceptors (Lipinski definition) is 5. The van der Waals surface area contributed by atoms with Gasteiger partial charge in [-0.15, -0.1) is 0 Å². The number of aromatic nitrogens is 1. The molecule has 1 aromatic heterocycles. The number of carbonyl (C=O) groups excluding carboxylic acids is 1. The van der Waals surface area contributed by atoms with Gasteiger partial charge in [-0.05, 0) is 72.9 Å². The maximum absolute atomic E-state index is 12.7. The second-order valence-corrected chi connectivity index (χ2v) is 8.06. The number of nitrogen functional groups attached to an aromatic ring is 1. The number of hydrogen-bond donors (Lipinski definition) is 2. The molecule has 1 amide bonds. The highest BCUT2D eigenvalue weighted by molar-refractivity contribution is 6.07. The third-order valence-corrected chi connectivity index (χ3v) is 5.43. The van der Waals surface area contributed by atoms with Crippen LogP contribution in [0, 0.1) is 12.8 Å². The number of nitrogens with two attached hydrogens (primary N) is 1. The van der Waals surface area contributed by atoms with Crippen molar-refractivity contribution in [3.63, 3.8) is 0 Å². The summed E-state index contributed by atoms with van der Waals surface area (Å²) in [5, 5.41) is 2.85. The van der Waals surface area contributed by atoms with E-state index in [4.69, 9.17) is 15.2 Å². The quantitative estimate of drug-likeness (QED) is 0.448. The molecule has 3 aromatic rings. The fraction of sp³-hybridized carbons (Fsp3) is 0.308. The normalized spacial score (nSPS) is 11.8. The summed E-state index contributed by atoms with van der Waals surface area (Å²) in [6.45, 7) is 6.69. The average molecular weight is 434 g/mol. The molecule has 32 heavy (non-hydrogen) atoms. The molecule has 0 aliphatic rings. The zero-order chi connectivity index (χ0) is 23.1. The van der Waals surface area contributed by atoms with Crippen molar-refractivity contribution in [3.05, 3.63) is 77.0 Å². The van der Waals surface area contributed by atoms with Crippen molar-refractivity contribution in [2.45, 2.75) is 40.2 Å². The predicted molar refractivity (Wildman–Crippen MR) is 128 cm³/mol. The zero-order valence-corrected chi connectivity index (χ0v) is 19.1. The first-order valence-electron chi connectivity index (χ1n) is 10.8. The van der Waals surface area contributed by atoms with Crippen LogP contribution < -0.4 is 15.8 Å². The van der Waals surface area contributed by atoms with Crippen LogP contribution in [0.1, 0.15) is 47.4 Å². The molecule has 1 unspecified atom stereocenters. The fourth-order valence-electron chi connectivity index (χ4n) is 3.31. The van der Waals surface area contributed by atoms with E-state index in [1.54, 1.807) is 25.3 Å². The number of ether oxygens (including phenoxy) is 2. The Morgan fingerprint density at radius 3 is 2.31 bits per heavy atom. The van der Waals surface area contributed by atoms with Crippen LogP contribution in [0.3, 0.4) is 0 Å². The van der Waals surface area contributed by atoms with E-state index in [2.05, 4.69) is 36.3 Å². The summed E-state index contributed by atoms with van der Waals surface area (Å²) in [5.41, 5.74) is 9.84. The highest BCUT2D eigenvalue weighted by Gasteiger charge is 2.14. The Morgan fingerprint density at radius 2 is 1.72 bits per heavy atom. The molecule has 1 heterocycles. The van der Waals surface area contributed by atoms with Gasteiger partial charge in [0.15, 0.2) is 0 Å². The van der Waals surface area contributed by atoms with Crippen LogP contribution in [0.15, 0.2) is 54.6 Å². The predicted octanol–water partition coefficient (Wildman–Crippen LogP) is 5.75. The summed E-state index contributed by atoms with van der Waals surface area (Å²) >= 11 is 0. The topological polar surface area (TPSA) is 86.5 Å². The molecule has 0 fully saturated rings. The number of pyridine rings is 1. The lowest BCUT2D eigenvalue weighted by atomic mass is 9.99. The smallest absolute Gasteiger partial charge is 0.259 e. The zero-order valence-electron chi connectivity index (χ0n) is 19.1. The van der Waals surface area contributed by atoms with Crippen LogP contribution in [0.25, 0.3) is 0 Å². The molecule has 0 spiro atoms. The average Bonchev–Trinajstić information content (AvgIpc) is 2.78. The lowest BCUT2D eigenvalue weighted by Gasteiger charge is -2.12. The van der Waals surface area contributed by atoms with Crippen molar-refractivity contribution in [1.82, 2.24) is 4.98 Å². The number of nitrogens with one attached hydrogen (secondary N) is 1. The maximum atomic E-state index is 12.7. The molecule has 0 radical (unpaired) electrons. The van der Waals surface area contributed by atoms with Crippen LogP contribution in [-0.2, 0) is 17.8 Å². The van der Waals surface area contributed by atoms with Crippen molar-refractivity contribution in [2.75, 3.05) is 18.2 Å². The Balaban J connectivity index is 1.62. The Bertz CT molecular complexity index is 1050. The molecule has 1 atom stereocenters. The third kappa shape index (κ3) is 6.08. The molecule has 0 aliphatic heterocycles. The van der Waals surface area contributed by atoms with E-state index in [-0.39, 0.29) is 11.7 Å². The molecule has 6 nitrogen and oxygen atoms in total. The Morgan fingerprint density at radius 1 is 1.09 bits per heavy atom. The standard InChI is InChI=1S/C26H31N3O3/c1-5-17(2)14-19-6-10-21(11-7-19)32-22-12-8-20(9-13-22)28-26(30)23-15-18(3)24(16-31-4)29-25(23)27/h6-13,15,17H,5,14,16H2,1-4H3,(H2,27,29)(H,28,30). The van der Waals surface area contributed by atoms with Crippen molar-refractivity contribution < 1.29 is 14.3 Å². The number of benzene rings is 2. The van der Waals surface area contributed by atoms with Gasteiger partial charge in [0.25, 0.3) is 5.91 Å². The number of nitrogens with zero attached hydrogens (tertiary/aromatic N) is 1. The lowest BCUT2D eigenvalue weighted by molar-refractivity contribution is 0.102. The highest BCUT2D eigenvalue weighted by atomic mass is 16.5. The summed E-state index contributed by atoms with van der Waals surface area (Å²) in [6.07, 6.45) is 2.24. The first-order valence-corrected chi connectivity index (χ1v) is 10.8.